The van der Waals surface area contributed by atoms with Gasteiger partial charge in [0.05, 0.1) is 11.0 Å². The van der Waals surface area contributed by atoms with Gasteiger partial charge >= 0.3 is 5.97 Å². The van der Waals surface area contributed by atoms with Crippen molar-refractivity contribution in [3.63, 3.8) is 0 Å². The fourth-order valence-electron chi connectivity index (χ4n) is 1.23. The fourth-order valence-corrected chi connectivity index (χ4v) is 1.23. The molecule has 0 aromatic heterocycles. The maximum absolute atomic E-state index is 11.5. The van der Waals surface area contributed by atoms with E-state index in [1.165, 1.54) is 31.3 Å². The Labute approximate surface area is 108 Å². The number of carbonyl (C=O) groups is 2. The van der Waals surface area contributed by atoms with Crippen LogP contribution in [0.4, 0.5) is 5.69 Å². The highest BCUT2D eigenvalue weighted by atomic mass is 16.6. The van der Waals surface area contributed by atoms with Gasteiger partial charge in [0.25, 0.3) is 11.6 Å². The minimum absolute atomic E-state index is 0.149. The van der Waals surface area contributed by atoms with Gasteiger partial charge in [-0.25, -0.2) is 0 Å². The van der Waals surface area contributed by atoms with Crippen molar-refractivity contribution in [2.75, 3.05) is 20.2 Å². The molecule has 1 N–H and O–H groups in total. The number of hydrogen-bond acceptors (Lipinski definition) is 5. The maximum Gasteiger partial charge on any atom is 0.323 e. The number of nitro groups is 1. The quantitative estimate of drug-likeness (QED) is 0.594. The Kier molecular flexibility index (Phi) is 4.81. The Morgan fingerprint density at radius 1 is 1.47 bits per heavy atom. The van der Waals surface area contributed by atoms with Gasteiger partial charge in [0.15, 0.2) is 6.61 Å². The van der Waals surface area contributed by atoms with Crippen LogP contribution in [0, 0.1) is 10.1 Å². The lowest BCUT2D eigenvalue weighted by Crippen LogP contribution is -2.35. The van der Waals surface area contributed by atoms with Gasteiger partial charge in [-0.1, -0.05) is 6.07 Å². The largest absolute Gasteiger partial charge is 0.484 e. The zero-order valence-electron chi connectivity index (χ0n) is 10.1. The van der Waals surface area contributed by atoms with E-state index in [-0.39, 0.29) is 18.0 Å². The van der Waals surface area contributed by atoms with Gasteiger partial charge in [0.2, 0.25) is 0 Å². The average molecular weight is 268 g/mol. The molecule has 0 spiro atoms. The summed E-state index contributed by atoms with van der Waals surface area (Å²) in [5.74, 6) is -1.49. The number of ether oxygens (including phenoxy) is 1. The number of amides is 1. The second-order valence-corrected chi connectivity index (χ2v) is 3.69. The summed E-state index contributed by atoms with van der Waals surface area (Å²) in [6, 6.07) is 5.38. The third kappa shape index (κ3) is 4.62. The standard InChI is InChI=1S/C11H12N2O6/c1-12(6-11(15)16)10(14)7-19-9-4-2-3-8(5-9)13(17)18/h2-5H,6-7H2,1H3,(H,15,16). The zero-order valence-corrected chi connectivity index (χ0v) is 10.1. The molecule has 102 valence electrons. The van der Waals surface area contributed by atoms with Gasteiger partial charge in [-0.2, -0.15) is 0 Å². The Morgan fingerprint density at radius 2 is 2.16 bits per heavy atom. The minimum Gasteiger partial charge on any atom is -0.484 e. The summed E-state index contributed by atoms with van der Waals surface area (Å²) in [5, 5.41) is 19.0. The molecule has 0 heterocycles. The number of nitrogens with zero attached hydrogens (tertiary/aromatic N) is 2. The first kappa shape index (κ1) is 14.4. The van der Waals surface area contributed by atoms with Crippen molar-refractivity contribution in [3.8, 4) is 5.75 Å². The van der Waals surface area contributed by atoms with Crippen molar-refractivity contribution >= 4 is 17.6 Å². The van der Waals surface area contributed by atoms with Gasteiger partial charge in [-0.15, -0.1) is 0 Å². The summed E-state index contributed by atoms with van der Waals surface area (Å²) in [6.07, 6.45) is 0. The van der Waals surface area contributed by atoms with Crippen molar-refractivity contribution in [2.45, 2.75) is 0 Å². The first-order valence-corrected chi connectivity index (χ1v) is 5.23. The molecule has 0 saturated carbocycles. The van der Waals surface area contributed by atoms with Gasteiger partial charge in [0, 0.05) is 13.1 Å². The number of hydrogen-bond donors (Lipinski definition) is 1. The molecule has 1 amide bonds. The highest BCUT2D eigenvalue weighted by molar-refractivity contribution is 5.82. The SMILES string of the molecule is CN(CC(=O)O)C(=O)COc1cccc([N+](=O)[O-])c1. The van der Waals surface area contributed by atoms with Crippen LogP contribution in [0.25, 0.3) is 0 Å². The summed E-state index contributed by atoms with van der Waals surface area (Å²) >= 11 is 0. The van der Waals surface area contributed by atoms with Crippen LogP contribution in [0.3, 0.4) is 0 Å². The van der Waals surface area contributed by atoms with E-state index < -0.39 is 23.3 Å². The lowest BCUT2D eigenvalue weighted by Gasteiger charge is -2.14. The number of nitro benzene ring substituents is 1. The molecule has 0 saturated heterocycles. The molecule has 0 atom stereocenters. The molecule has 1 aromatic rings. The summed E-state index contributed by atoms with van der Waals surface area (Å²) in [7, 11) is 1.33. The highest BCUT2D eigenvalue weighted by Gasteiger charge is 2.13. The molecule has 8 nitrogen and oxygen atoms in total. The number of carbonyl (C=O) groups excluding carboxylic acids is 1. The van der Waals surface area contributed by atoms with Gasteiger partial charge in [-0.3, -0.25) is 19.7 Å². The number of carboxylic acid groups (broad SMARTS) is 1. The molecule has 0 unspecified atom stereocenters. The Bertz CT molecular complexity index is 502. The number of non-ortho nitro benzene ring substituents is 1. The summed E-state index contributed by atoms with van der Waals surface area (Å²) in [6.45, 7) is -0.817. The number of benzene rings is 1. The van der Waals surface area contributed by atoms with Gasteiger partial charge in [0.1, 0.15) is 12.3 Å². The number of rotatable bonds is 6. The zero-order chi connectivity index (χ0) is 14.4. The predicted octanol–water partition coefficient (Wildman–Crippen LogP) is 0.517. The van der Waals surface area contributed by atoms with Crippen LogP contribution in [0.2, 0.25) is 0 Å². The van der Waals surface area contributed by atoms with Crippen LogP contribution in [0.1, 0.15) is 0 Å². The van der Waals surface area contributed by atoms with Crippen molar-refractivity contribution in [1.29, 1.82) is 0 Å². The Morgan fingerprint density at radius 3 is 2.74 bits per heavy atom. The van der Waals surface area contributed by atoms with Crippen LogP contribution < -0.4 is 4.74 Å². The third-order valence-corrected chi connectivity index (χ3v) is 2.19. The Hall–Kier alpha value is -2.64. The van der Waals surface area contributed by atoms with E-state index in [4.69, 9.17) is 9.84 Å². The number of aliphatic carboxylic acids is 1. The predicted molar refractivity (Wildman–Crippen MR) is 63.9 cm³/mol. The molecule has 8 heteroatoms. The molecule has 0 fully saturated rings. The van der Waals surface area contributed by atoms with Crippen LogP contribution in [0.15, 0.2) is 24.3 Å². The summed E-state index contributed by atoms with van der Waals surface area (Å²) < 4.78 is 5.07. The molecular formula is C11H12N2O6. The van der Waals surface area contributed by atoms with Crippen LogP contribution in [0.5, 0.6) is 5.75 Å². The van der Waals surface area contributed by atoms with Crippen LogP contribution in [-0.2, 0) is 9.59 Å². The van der Waals surface area contributed by atoms with Crippen molar-refractivity contribution in [3.05, 3.63) is 34.4 Å². The van der Waals surface area contributed by atoms with E-state index in [1.807, 2.05) is 0 Å². The number of carboxylic acids is 1. The normalized spacial score (nSPS) is 9.74. The van der Waals surface area contributed by atoms with Gasteiger partial charge in [-0.05, 0) is 6.07 Å². The smallest absolute Gasteiger partial charge is 0.323 e. The van der Waals surface area contributed by atoms with E-state index in [9.17, 15) is 19.7 Å². The summed E-state index contributed by atoms with van der Waals surface area (Å²) in [4.78, 5) is 32.8. The van der Waals surface area contributed by atoms with Crippen molar-refractivity contribution in [2.24, 2.45) is 0 Å². The molecule has 0 radical (unpaired) electrons. The van der Waals surface area contributed by atoms with E-state index in [0.717, 1.165) is 4.90 Å². The van der Waals surface area contributed by atoms with Crippen molar-refractivity contribution in [1.82, 2.24) is 4.90 Å². The van der Waals surface area contributed by atoms with E-state index in [2.05, 4.69) is 0 Å². The second kappa shape index (κ2) is 6.34. The molecular weight excluding hydrogens is 256 g/mol. The molecule has 19 heavy (non-hydrogen) atoms. The molecule has 0 aliphatic rings. The molecule has 0 aliphatic carbocycles. The Balaban J connectivity index is 2.57. The number of likely N-dealkylation sites (N-methyl/N-ethyl adjacent to an activating group) is 1. The van der Waals surface area contributed by atoms with E-state index in [1.54, 1.807) is 0 Å². The third-order valence-electron chi connectivity index (χ3n) is 2.19. The minimum atomic E-state index is -1.13. The summed E-state index contributed by atoms with van der Waals surface area (Å²) in [5.41, 5.74) is -0.149. The first-order chi connectivity index (χ1) is 8.90. The van der Waals surface area contributed by atoms with E-state index >= 15 is 0 Å². The molecule has 0 aliphatic heterocycles. The first-order valence-electron chi connectivity index (χ1n) is 5.23. The monoisotopic (exact) mass is 268 g/mol. The van der Waals surface area contributed by atoms with E-state index in [0.29, 0.717) is 0 Å². The maximum atomic E-state index is 11.5. The van der Waals surface area contributed by atoms with Gasteiger partial charge < -0.3 is 14.7 Å². The van der Waals surface area contributed by atoms with Crippen molar-refractivity contribution < 1.29 is 24.4 Å². The van der Waals surface area contributed by atoms with Crippen LogP contribution >= 0.6 is 0 Å². The fraction of sp³-hybridized carbons (Fsp3) is 0.273. The molecule has 1 rings (SSSR count). The molecule has 1 aromatic carbocycles. The lowest BCUT2D eigenvalue weighted by molar-refractivity contribution is -0.384. The molecule has 0 bridgehead atoms. The lowest BCUT2D eigenvalue weighted by atomic mass is 10.3. The second-order valence-electron chi connectivity index (χ2n) is 3.69. The average Bonchev–Trinajstić information content (AvgIpc) is 2.35. The topological polar surface area (TPSA) is 110 Å². The highest BCUT2D eigenvalue weighted by Crippen LogP contribution is 2.18. The van der Waals surface area contributed by atoms with Crippen LogP contribution in [-0.4, -0.2) is 47.0 Å².